The van der Waals surface area contributed by atoms with Gasteiger partial charge in [0.15, 0.2) is 0 Å². The molecule has 5 aromatic rings. The van der Waals surface area contributed by atoms with Gasteiger partial charge in [-0.15, -0.1) is 0 Å². The molecule has 0 aliphatic rings. The number of fused-ring (bicyclic) bond motifs is 1. The number of H-pyrrole nitrogens is 1. The lowest BCUT2D eigenvalue weighted by Gasteiger charge is -2.10. The second-order valence-electron chi connectivity index (χ2n) is 6.87. The molecule has 5 rings (SSSR count). The lowest BCUT2D eigenvalue weighted by atomic mass is 10.2. The van der Waals surface area contributed by atoms with E-state index in [1.807, 2.05) is 13.2 Å². The first kappa shape index (κ1) is 17.1. The van der Waals surface area contributed by atoms with E-state index in [2.05, 4.69) is 10.1 Å². The third-order valence-corrected chi connectivity index (χ3v) is 4.87. The fourth-order valence-electron chi connectivity index (χ4n) is 3.43. The predicted octanol–water partition coefficient (Wildman–Crippen LogP) is 2.17. The summed E-state index contributed by atoms with van der Waals surface area (Å²) in [5.74, 6) is 0. The molecule has 0 fully saturated rings. The van der Waals surface area contributed by atoms with Crippen LogP contribution in [-0.4, -0.2) is 23.9 Å². The third kappa shape index (κ3) is 2.92. The topological polar surface area (TPSA) is 104 Å². The van der Waals surface area contributed by atoms with Crippen molar-refractivity contribution in [2.45, 2.75) is 13.1 Å². The second-order valence-corrected chi connectivity index (χ2v) is 6.87. The van der Waals surface area contributed by atoms with Crippen LogP contribution in [0.5, 0.6) is 0 Å². The number of aromatic nitrogens is 5. The first-order valence-corrected chi connectivity index (χ1v) is 8.97. The summed E-state index contributed by atoms with van der Waals surface area (Å²) in [4.78, 5) is 29.5. The van der Waals surface area contributed by atoms with Gasteiger partial charge in [0.2, 0.25) is 0 Å². The maximum atomic E-state index is 13.2. The fourth-order valence-corrected chi connectivity index (χ4v) is 3.43. The van der Waals surface area contributed by atoms with E-state index >= 15 is 0 Å². The van der Waals surface area contributed by atoms with Crippen molar-refractivity contribution in [1.29, 1.82) is 0 Å². The molecular weight excluding hydrogens is 374 g/mol. The van der Waals surface area contributed by atoms with Crippen LogP contribution in [-0.2, 0) is 20.1 Å². The normalized spacial score (nSPS) is 11.5. The summed E-state index contributed by atoms with van der Waals surface area (Å²) in [7, 11) is 1.82. The molecule has 29 heavy (non-hydrogen) atoms. The quantitative estimate of drug-likeness (QED) is 0.494. The van der Waals surface area contributed by atoms with E-state index < -0.39 is 5.69 Å². The zero-order chi connectivity index (χ0) is 20.0. The number of aryl methyl sites for hydroxylation is 1. The van der Waals surface area contributed by atoms with Crippen LogP contribution in [0.15, 0.2) is 74.1 Å². The number of nitrogens with zero attached hydrogens (tertiary/aromatic N) is 4. The van der Waals surface area contributed by atoms with Crippen LogP contribution < -0.4 is 11.2 Å². The van der Waals surface area contributed by atoms with Crippen molar-refractivity contribution in [3.8, 4) is 11.3 Å². The summed E-state index contributed by atoms with van der Waals surface area (Å²) in [5.41, 5.74) is 3.20. The molecule has 9 nitrogen and oxygen atoms in total. The molecule has 0 amide bonds. The number of hydrogen-bond donors (Lipinski definition) is 1. The molecule has 0 unspecified atom stereocenters. The minimum absolute atomic E-state index is 0.122. The van der Waals surface area contributed by atoms with Gasteiger partial charge in [-0.05, 0) is 18.2 Å². The molecule has 0 saturated carbocycles. The van der Waals surface area contributed by atoms with Crippen LogP contribution >= 0.6 is 0 Å². The van der Waals surface area contributed by atoms with Gasteiger partial charge in [0.05, 0.1) is 55.5 Å². The fraction of sp³-hybridized carbons (Fsp3) is 0.150. The molecule has 5 heterocycles. The van der Waals surface area contributed by atoms with Crippen LogP contribution in [0.2, 0.25) is 0 Å². The molecule has 5 aromatic heterocycles. The Morgan fingerprint density at radius 1 is 1.03 bits per heavy atom. The van der Waals surface area contributed by atoms with Gasteiger partial charge in [-0.25, -0.2) is 4.79 Å². The van der Waals surface area contributed by atoms with Gasteiger partial charge >= 0.3 is 5.69 Å². The number of aromatic amines is 1. The summed E-state index contributed by atoms with van der Waals surface area (Å²) in [6, 6.07) is 5.32. The summed E-state index contributed by atoms with van der Waals surface area (Å²) >= 11 is 0. The molecular formula is C20H17N5O4. The van der Waals surface area contributed by atoms with Gasteiger partial charge < -0.3 is 13.8 Å². The number of rotatable bonds is 5. The molecule has 0 aliphatic heterocycles. The SMILES string of the molecule is Cn1cc(-c2cc3c([nH]2)c(=O)n(Cc2ccoc2)c(=O)n3Cc2ccoc2)cn1. The smallest absolute Gasteiger partial charge is 0.332 e. The molecule has 1 N–H and O–H groups in total. The minimum Gasteiger partial charge on any atom is -0.472 e. The van der Waals surface area contributed by atoms with Crippen molar-refractivity contribution >= 4 is 11.0 Å². The van der Waals surface area contributed by atoms with Crippen LogP contribution in [0.25, 0.3) is 22.3 Å². The monoisotopic (exact) mass is 391 g/mol. The highest BCUT2D eigenvalue weighted by atomic mass is 16.3. The lowest BCUT2D eigenvalue weighted by Crippen LogP contribution is -2.40. The predicted molar refractivity (Wildman–Crippen MR) is 105 cm³/mol. The summed E-state index contributed by atoms with van der Waals surface area (Å²) in [5, 5.41) is 4.18. The van der Waals surface area contributed by atoms with Crippen molar-refractivity contribution < 1.29 is 8.83 Å². The van der Waals surface area contributed by atoms with E-state index in [-0.39, 0.29) is 18.6 Å². The maximum Gasteiger partial charge on any atom is 0.332 e. The highest BCUT2D eigenvalue weighted by molar-refractivity contribution is 5.82. The molecule has 9 heteroatoms. The van der Waals surface area contributed by atoms with Gasteiger partial charge in [0.1, 0.15) is 5.52 Å². The zero-order valence-corrected chi connectivity index (χ0v) is 15.5. The van der Waals surface area contributed by atoms with Crippen molar-refractivity contribution in [2.24, 2.45) is 7.05 Å². The van der Waals surface area contributed by atoms with E-state index in [1.54, 1.807) is 46.2 Å². The Kier molecular flexibility index (Phi) is 3.87. The van der Waals surface area contributed by atoms with E-state index in [0.29, 0.717) is 16.7 Å². The molecule has 0 radical (unpaired) electrons. The molecule has 0 atom stereocenters. The first-order valence-electron chi connectivity index (χ1n) is 8.97. The zero-order valence-electron chi connectivity index (χ0n) is 15.5. The first-order chi connectivity index (χ1) is 14.1. The highest BCUT2D eigenvalue weighted by Crippen LogP contribution is 2.22. The van der Waals surface area contributed by atoms with E-state index in [0.717, 1.165) is 16.7 Å². The van der Waals surface area contributed by atoms with E-state index in [9.17, 15) is 9.59 Å². The van der Waals surface area contributed by atoms with Crippen molar-refractivity contribution in [1.82, 2.24) is 23.9 Å². The Hall–Kier alpha value is -4.01. The molecule has 0 aliphatic carbocycles. The average Bonchev–Trinajstić information content (AvgIpc) is 3.49. The number of nitrogens with one attached hydrogen (secondary N) is 1. The van der Waals surface area contributed by atoms with Crippen molar-refractivity contribution in [2.75, 3.05) is 0 Å². The van der Waals surface area contributed by atoms with Gasteiger partial charge in [0.25, 0.3) is 5.56 Å². The Bertz CT molecular complexity index is 1400. The van der Waals surface area contributed by atoms with Crippen LogP contribution in [0.1, 0.15) is 11.1 Å². The molecule has 0 saturated heterocycles. The molecule has 0 aromatic carbocycles. The summed E-state index contributed by atoms with van der Waals surface area (Å²) in [6.07, 6.45) is 9.71. The Morgan fingerprint density at radius 2 is 1.72 bits per heavy atom. The Morgan fingerprint density at radius 3 is 2.31 bits per heavy atom. The molecule has 146 valence electrons. The van der Waals surface area contributed by atoms with Crippen molar-refractivity contribution in [3.05, 3.63) is 87.6 Å². The average molecular weight is 391 g/mol. The largest absolute Gasteiger partial charge is 0.472 e. The van der Waals surface area contributed by atoms with Crippen molar-refractivity contribution in [3.63, 3.8) is 0 Å². The van der Waals surface area contributed by atoms with Gasteiger partial charge in [0, 0.05) is 29.9 Å². The molecule has 0 spiro atoms. The highest BCUT2D eigenvalue weighted by Gasteiger charge is 2.18. The third-order valence-electron chi connectivity index (χ3n) is 4.87. The van der Waals surface area contributed by atoms with Crippen LogP contribution in [0.3, 0.4) is 0 Å². The summed E-state index contributed by atoms with van der Waals surface area (Å²) < 4.78 is 14.7. The summed E-state index contributed by atoms with van der Waals surface area (Å²) in [6.45, 7) is 0.401. The van der Waals surface area contributed by atoms with Gasteiger partial charge in [-0.1, -0.05) is 0 Å². The minimum atomic E-state index is -0.401. The van der Waals surface area contributed by atoms with Gasteiger partial charge in [-0.2, -0.15) is 5.10 Å². The number of hydrogen-bond acceptors (Lipinski definition) is 5. The van der Waals surface area contributed by atoms with Crippen LogP contribution in [0.4, 0.5) is 0 Å². The van der Waals surface area contributed by atoms with E-state index in [1.165, 1.54) is 17.1 Å². The second kappa shape index (κ2) is 6.55. The lowest BCUT2D eigenvalue weighted by molar-refractivity contribution is 0.556. The van der Waals surface area contributed by atoms with Gasteiger partial charge in [-0.3, -0.25) is 18.6 Å². The maximum absolute atomic E-state index is 13.2. The standard InChI is InChI=1S/C20H17N5O4/c1-23-10-15(7-21-23)16-6-17-18(22-16)19(26)25(9-14-3-5-29-12-14)20(27)24(17)8-13-2-4-28-11-13/h2-7,10-12,22H,8-9H2,1H3. The molecule has 0 bridgehead atoms. The van der Waals surface area contributed by atoms with E-state index in [4.69, 9.17) is 8.83 Å². The van der Waals surface area contributed by atoms with Crippen LogP contribution in [0, 0.1) is 0 Å². The Labute approximate surface area is 163 Å². The Balaban J connectivity index is 1.75. The number of furan rings is 2.